The van der Waals surface area contributed by atoms with Crippen LogP contribution in [0.15, 0.2) is 0 Å². The zero-order valence-corrected chi connectivity index (χ0v) is 11.5. The second-order valence-corrected chi connectivity index (χ2v) is 5.80. The Bertz CT molecular complexity index is 437. The van der Waals surface area contributed by atoms with Gasteiger partial charge in [-0.25, -0.2) is 0 Å². The SMILES string of the molecule is Cc1c(C(C)(C)C)c(C(C)C)c(C#N)n1C. The van der Waals surface area contributed by atoms with Crippen molar-refractivity contribution in [2.75, 3.05) is 0 Å². The number of aromatic nitrogens is 1. The van der Waals surface area contributed by atoms with Crippen LogP contribution in [-0.4, -0.2) is 4.57 Å². The maximum absolute atomic E-state index is 9.28. The molecule has 1 aromatic rings. The van der Waals surface area contributed by atoms with Crippen molar-refractivity contribution >= 4 is 0 Å². The molecule has 0 spiro atoms. The van der Waals surface area contributed by atoms with E-state index in [1.54, 1.807) is 0 Å². The number of nitriles is 1. The summed E-state index contributed by atoms with van der Waals surface area (Å²) in [5, 5.41) is 9.28. The van der Waals surface area contributed by atoms with Crippen molar-refractivity contribution in [2.24, 2.45) is 7.05 Å². The van der Waals surface area contributed by atoms with Crippen molar-refractivity contribution in [3.8, 4) is 6.07 Å². The monoisotopic (exact) mass is 218 g/mol. The topological polar surface area (TPSA) is 28.7 Å². The van der Waals surface area contributed by atoms with E-state index in [1.165, 1.54) is 16.8 Å². The van der Waals surface area contributed by atoms with Gasteiger partial charge in [0, 0.05) is 12.7 Å². The predicted octanol–water partition coefficient (Wildman–Crippen LogP) is 3.63. The first-order valence-electron chi connectivity index (χ1n) is 5.81. The summed E-state index contributed by atoms with van der Waals surface area (Å²) in [7, 11) is 1.98. The molecule has 1 heterocycles. The van der Waals surface area contributed by atoms with Gasteiger partial charge in [0.15, 0.2) is 0 Å². The minimum absolute atomic E-state index is 0.0938. The Kier molecular flexibility index (Phi) is 3.19. The first kappa shape index (κ1) is 12.8. The van der Waals surface area contributed by atoms with E-state index in [4.69, 9.17) is 0 Å². The van der Waals surface area contributed by atoms with Crippen molar-refractivity contribution in [2.45, 2.75) is 52.9 Å². The molecule has 0 aliphatic carbocycles. The van der Waals surface area contributed by atoms with E-state index in [0.29, 0.717) is 5.92 Å². The van der Waals surface area contributed by atoms with Crippen LogP contribution in [0.3, 0.4) is 0 Å². The lowest BCUT2D eigenvalue weighted by Crippen LogP contribution is -2.15. The summed E-state index contributed by atoms with van der Waals surface area (Å²) >= 11 is 0. The van der Waals surface area contributed by atoms with E-state index >= 15 is 0 Å². The first-order valence-corrected chi connectivity index (χ1v) is 5.81. The van der Waals surface area contributed by atoms with Crippen molar-refractivity contribution < 1.29 is 0 Å². The van der Waals surface area contributed by atoms with Gasteiger partial charge < -0.3 is 4.57 Å². The zero-order valence-electron chi connectivity index (χ0n) is 11.5. The molecule has 0 aromatic carbocycles. The normalized spacial score (nSPS) is 11.9. The summed E-state index contributed by atoms with van der Waals surface area (Å²) in [4.78, 5) is 0. The van der Waals surface area contributed by atoms with E-state index in [1.807, 2.05) is 11.6 Å². The second kappa shape index (κ2) is 3.97. The molecule has 0 radical (unpaired) electrons. The maximum Gasteiger partial charge on any atom is 0.123 e. The molecule has 0 bridgehead atoms. The highest BCUT2D eigenvalue weighted by Gasteiger charge is 2.28. The van der Waals surface area contributed by atoms with Gasteiger partial charge in [0.2, 0.25) is 0 Å². The molecule has 0 saturated heterocycles. The number of rotatable bonds is 1. The van der Waals surface area contributed by atoms with Crippen LogP contribution < -0.4 is 0 Å². The Balaban J connectivity index is 3.68. The van der Waals surface area contributed by atoms with Gasteiger partial charge in [-0.1, -0.05) is 34.6 Å². The maximum atomic E-state index is 9.28. The number of nitrogens with zero attached hydrogens (tertiary/aromatic N) is 2. The summed E-state index contributed by atoms with van der Waals surface area (Å²) in [6, 6.07) is 2.34. The molecule has 16 heavy (non-hydrogen) atoms. The van der Waals surface area contributed by atoms with Gasteiger partial charge >= 0.3 is 0 Å². The van der Waals surface area contributed by atoms with Crippen LogP contribution in [0.2, 0.25) is 0 Å². The molecule has 0 N–H and O–H groups in total. The van der Waals surface area contributed by atoms with E-state index < -0.39 is 0 Å². The highest BCUT2D eigenvalue weighted by atomic mass is 15.0. The highest BCUT2D eigenvalue weighted by Crippen LogP contribution is 2.36. The summed E-state index contributed by atoms with van der Waals surface area (Å²) in [6.07, 6.45) is 0. The van der Waals surface area contributed by atoms with E-state index in [2.05, 4.69) is 47.6 Å². The van der Waals surface area contributed by atoms with E-state index in [9.17, 15) is 5.26 Å². The van der Waals surface area contributed by atoms with E-state index in [-0.39, 0.29) is 5.41 Å². The van der Waals surface area contributed by atoms with Gasteiger partial charge in [0.25, 0.3) is 0 Å². The molecule has 0 amide bonds. The van der Waals surface area contributed by atoms with Gasteiger partial charge in [0.1, 0.15) is 11.8 Å². The standard InChI is InChI=1S/C14H22N2/c1-9(2)12-11(8-15)16(7)10(3)13(12)14(4,5)6/h9H,1-7H3. The molecule has 2 nitrogen and oxygen atoms in total. The summed E-state index contributed by atoms with van der Waals surface area (Å²) in [5.74, 6) is 0.392. The predicted molar refractivity (Wildman–Crippen MR) is 67.7 cm³/mol. The van der Waals surface area contributed by atoms with Crippen molar-refractivity contribution in [3.63, 3.8) is 0 Å². The zero-order chi connectivity index (χ0) is 12.7. The summed E-state index contributed by atoms with van der Waals surface area (Å²) in [6.45, 7) is 13.1. The molecule has 1 aromatic heterocycles. The Labute approximate surface area is 98.9 Å². The molecule has 0 aliphatic heterocycles. The lowest BCUT2D eigenvalue weighted by molar-refractivity contribution is 0.573. The molecule has 0 fully saturated rings. The highest BCUT2D eigenvalue weighted by molar-refractivity contribution is 5.49. The largest absolute Gasteiger partial charge is 0.339 e. The lowest BCUT2D eigenvalue weighted by atomic mass is 9.81. The number of hydrogen-bond acceptors (Lipinski definition) is 1. The van der Waals surface area contributed by atoms with E-state index in [0.717, 1.165) is 5.69 Å². The molecule has 1 rings (SSSR count). The van der Waals surface area contributed by atoms with Crippen LogP contribution in [0.1, 0.15) is 63.1 Å². The quantitative estimate of drug-likeness (QED) is 0.707. The summed E-state index contributed by atoms with van der Waals surface area (Å²) in [5.41, 5.74) is 4.68. The first-order chi connectivity index (χ1) is 7.21. The fraction of sp³-hybridized carbons (Fsp3) is 0.643. The van der Waals surface area contributed by atoms with Crippen LogP contribution >= 0.6 is 0 Å². The van der Waals surface area contributed by atoms with Gasteiger partial charge in [-0.2, -0.15) is 5.26 Å². The molecule has 0 unspecified atom stereocenters. The van der Waals surface area contributed by atoms with Crippen molar-refractivity contribution in [1.29, 1.82) is 5.26 Å². The average Bonchev–Trinajstić information content (AvgIpc) is 2.38. The van der Waals surface area contributed by atoms with Crippen molar-refractivity contribution in [3.05, 3.63) is 22.5 Å². The molecular weight excluding hydrogens is 196 g/mol. The second-order valence-electron chi connectivity index (χ2n) is 5.80. The lowest BCUT2D eigenvalue weighted by Gasteiger charge is -2.22. The molecule has 88 valence electrons. The van der Waals surface area contributed by atoms with Gasteiger partial charge in [-0.05, 0) is 29.4 Å². The minimum Gasteiger partial charge on any atom is -0.339 e. The third-order valence-corrected chi connectivity index (χ3v) is 3.16. The molecule has 0 atom stereocenters. The smallest absolute Gasteiger partial charge is 0.123 e. The van der Waals surface area contributed by atoms with Gasteiger partial charge in [-0.3, -0.25) is 0 Å². The third-order valence-electron chi connectivity index (χ3n) is 3.16. The van der Waals surface area contributed by atoms with Crippen LogP contribution in [0.25, 0.3) is 0 Å². The molecule has 2 heteroatoms. The van der Waals surface area contributed by atoms with Crippen molar-refractivity contribution in [1.82, 2.24) is 4.57 Å². The van der Waals surface area contributed by atoms with Crippen LogP contribution in [0.5, 0.6) is 0 Å². The van der Waals surface area contributed by atoms with Crippen LogP contribution in [-0.2, 0) is 12.5 Å². The average molecular weight is 218 g/mol. The Hall–Kier alpha value is -1.23. The van der Waals surface area contributed by atoms with Gasteiger partial charge in [0.05, 0.1) is 0 Å². The molecule has 0 aliphatic rings. The summed E-state index contributed by atoms with van der Waals surface area (Å²) < 4.78 is 2.02. The van der Waals surface area contributed by atoms with Crippen LogP contribution in [0, 0.1) is 18.3 Å². The third kappa shape index (κ3) is 1.87. The molecular formula is C14H22N2. The Morgan fingerprint density at radius 1 is 1.25 bits per heavy atom. The Morgan fingerprint density at radius 3 is 2.06 bits per heavy atom. The fourth-order valence-electron chi connectivity index (χ4n) is 2.47. The van der Waals surface area contributed by atoms with Gasteiger partial charge in [-0.15, -0.1) is 0 Å². The minimum atomic E-state index is 0.0938. The molecule has 0 saturated carbocycles. The fourth-order valence-corrected chi connectivity index (χ4v) is 2.47. The Morgan fingerprint density at radius 2 is 1.75 bits per heavy atom. The number of hydrogen-bond donors (Lipinski definition) is 0. The van der Waals surface area contributed by atoms with Crippen LogP contribution in [0.4, 0.5) is 0 Å².